The first kappa shape index (κ1) is 11.8. The van der Waals surface area contributed by atoms with E-state index in [9.17, 15) is 13.9 Å². The predicted octanol–water partition coefficient (Wildman–Crippen LogP) is 4.32. The molecule has 1 N–H and O–H groups in total. The Balaban J connectivity index is 2.05. The third kappa shape index (κ3) is 1.94. The van der Waals surface area contributed by atoms with E-state index in [0.29, 0.717) is 4.88 Å². The summed E-state index contributed by atoms with van der Waals surface area (Å²) in [5, 5.41) is 12.1. The normalized spacial score (nSPS) is 13.1. The van der Waals surface area contributed by atoms with Crippen molar-refractivity contribution < 1.29 is 13.9 Å². The van der Waals surface area contributed by atoms with Gasteiger partial charge >= 0.3 is 0 Å². The molecule has 0 saturated heterocycles. The first-order valence-corrected chi connectivity index (χ1v) is 6.95. The summed E-state index contributed by atoms with van der Waals surface area (Å²) in [6, 6.07) is 6.87. The Morgan fingerprint density at radius 3 is 2.67 bits per heavy atom. The van der Waals surface area contributed by atoms with Gasteiger partial charge in [-0.05, 0) is 35.7 Å². The first-order chi connectivity index (χ1) is 8.65. The Labute approximate surface area is 110 Å². The molecule has 3 aromatic rings. The smallest absolute Gasteiger partial charge is 0.129 e. The van der Waals surface area contributed by atoms with Crippen molar-refractivity contribution in [3.8, 4) is 0 Å². The van der Waals surface area contributed by atoms with Crippen LogP contribution in [0.2, 0.25) is 0 Å². The second-order valence-corrected chi connectivity index (χ2v) is 5.93. The van der Waals surface area contributed by atoms with E-state index in [1.54, 1.807) is 11.3 Å². The van der Waals surface area contributed by atoms with Gasteiger partial charge in [0.15, 0.2) is 0 Å². The molecule has 0 saturated carbocycles. The molecule has 0 aliphatic heterocycles. The number of halogens is 2. The first-order valence-electron chi connectivity index (χ1n) is 5.25. The molecule has 0 radical (unpaired) electrons. The van der Waals surface area contributed by atoms with Crippen molar-refractivity contribution >= 4 is 32.1 Å². The summed E-state index contributed by atoms with van der Waals surface area (Å²) in [5.41, 5.74) is -0.0242. The Kier molecular flexibility index (Phi) is 2.89. The minimum Gasteiger partial charge on any atom is -0.383 e. The van der Waals surface area contributed by atoms with Crippen molar-refractivity contribution in [2.45, 2.75) is 6.10 Å². The van der Waals surface area contributed by atoms with Crippen LogP contribution in [0.1, 0.15) is 16.5 Å². The number of benzene rings is 1. The lowest BCUT2D eigenvalue weighted by atomic mass is 10.1. The van der Waals surface area contributed by atoms with E-state index in [2.05, 4.69) is 0 Å². The van der Waals surface area contributed by atoms with Crippen molar-refractivity contribution in [1.29, 1.82) is 0 Å². The average Bonchev–Trinajstić information content (AvgIpc) is 2.91. The van der Waals surface area contributed by atoms with E-state index in [1.165, 1.54) is 11.3 Å². The molecule has 1 nitrogen and oxygen atoms in total. The molecule has 0 amide bonds. The quantitative estimate of drug-likeness (QED) is 0.742. The Morgan fingerprint density at radius 1 is 1.06 bits per heavy atom. The highest BCUT2D eigenvalue weighted by Gasteiger charge is 2.18. The largest absolute Gasteiger partial charge is 0.383 e. The van der Waals surface area contributed by atoms with Crippen LogP contribution in [0.25, 0.3) is 9.40 Å². The molecule has 0 aliphatic carbocycles. The van der Waals surface area contributed by atoms with Crippen LogP contribution in [0, 0.1) is 11.6 Å². The molecule has 2 heterocycles. The molecule has 1 atom stereocenters. The van der Waals surface area contributed by atoms with E-state index < -0.39 is 17.7 Å². The van der Waals surface area contributed by atoms with Crippen molar-refractivity contribution in [2.24, 2.45) is 0 Å². The maximum Gasteiger partial charge on any atom is 0.129 e. The van der Waals surface area contributed by atoms with Crippen LogP contribution in [-0.4, -0.2) is 5.11 Å². The molecule has 18 heavy (non-hydrogen) atoms. The van der Waals surface area contributed by atoms with Crippen molar-refractivity contribution in [1.82, 2.24) is 0 Å². The molecular formula is C13H8F2OS2. The molecule has 1 unspecified atom stereocenters. The lowest BCUT2D eigenvalue weighted by Gasteiger charge is -2.09. The molecule has 0 fully saturated rings. The van der Waals surface area contributed by atoms with Crippen LogP contribution in [0.5, 0.6) is 0 Å². The average molecular weight is 282 g/mol. The van der Waals surface area contributed by atoms with E-state index >= 15 is 0 Å². The summed E-state index contributed by atoms with van der Waals surface area (Å²) in [6.07, 6.45) is -1.12. The molecule has 0 spiro atoms. The molecule has 5 heteroatoms. The molecule has 2 aromatic heterocycles. The summed E-state index contributed by atoms with van der Waals surface area (Å²) in [4.78, 5) is 0.626. The van der Waals surface area contributed by atoms with E-state index in [1.807, 2.05) is 17.5 Å². The van der Waals surface area contributed by atoms with E-state index in [0.717, 1.165) is 27.6 Å². The van der Waals surface area contributed by atoms with E-state index in [-0.39, 0.29) is 5.56 Å². The third-order valence-corrected chi connectivity index (χ3v) is 4.83. The number of thiophene rings is 2. The summed E-state index contributed by atoms with van der Waals surface area (Å²) in [5.74, 6) is -1.15. The van der Waals surface area contributed by atoms with Gasteiger partial charge < -0.3 is 5.11 Å². The zero-order valence-electron chi connectivity index (χ0n) is 9.06. The fourth-order valence-electron chi connectivity index (χ4n) is 1.80. The molecule has 92 valence electrons. The lowest BCUT2D eigenvalue weighted by molar-refractivity contribution is 0.218. The summed E-state index contributed by atoms with van der Waals surface area (Å²) >= 11 is 2.95. The van der Waals surface area contributed by atoms with Crippen LogP contribution in [-0.2, 0) is 0 Å². The topological polar surface area (TPSA) is 20.2 Å². The highest BCUT2D eigenvalue weighted by Crippen LogP contribution is 2.36. The number of aliphatic hydroxyl groups excluding tert-OH is 1. The van der Waals surface area contributed by atoms with Gasteiger partial charge in [0.2, 0.25) is 0 Å². The SMILES string of the molecule is OC(c1cc2sccc2s1)c1cc(F)ccc1F. The van der Waals surface area contributed by atoms with E-state index in [4.69, 9.17) is 0 Å². The fourth-order valence-corrected chi connectivity index (χ4v) is 3.92. The van der Waals surface area contributed by atoms with Crippen LogP contribution in [0.15, 0.2) is 35.7 Å². The number of aliphatic hydroxyl groups is 1. The summed E-state index contributed by atoms with van der Waals surface area (Å²) in [6.45, 7) is 0. The Hall–Kier alpha value is -1.30. The minimum atomic E-state index is -1.12. The second kappa shape index (κ2) is 4.42. The van der Waals surface area contributed by atoms with Crippen molar-refractivity contribution in [3.05, 3.63) is 57.8 Å². The van der Waals surface area contributed by atoms with Crippen LogP contribution >= 0.6 is 22.7 Å². The summed E-state index contributed by atoms with van der Waals surface area (Å²) in [7, 11) is 0. The second-order valence-electron chi connectivity index (χ2n) is 3.87. The molecule has 0 bridgehead atoms. The summed E-state index contributed by atoms with van der Waals surface area (Å²) < 4.78 is 28.8. The molecular weight excluding hydrogens is 274 g/mol. The third-order valence-electron chi connectivity index (χ3n) is 2.68. The predicted molar refractivity (Wildman–Crippen MR) is 70.1 cm³/mol. The highest BCUT2D eigenvalue weighted by atomic mass is 32.1. The van der Waals surface area contributed by atoms with Crippen LogP contribution in [0.3, 0.4) is 0 Å². The fraction of sp³-hybridized carbons (Fsp3) is 0.0769. The van der Waals surface area contributed by atoms with Crippen LogP contribution < -0.4 is 0 Å². The standard InChI is InChI=1S/C13H8F2OS2/c14-7-1-2-9(15)8(5-7)13(16)12-6-11-10(18-12)3-4-17-11/h1-6,13,16H. The zero-order valence-corrected chi connectivity index (χ0v) is 10.7. The van der Waals surface area contributed by atoms with Crippen LogP contribution in [0.4, 0.5) is 8.78 Å². The van der Waals surface area contributed by atoms with Crippen molar-refractivity contribution in [3.63, 3.8) is 0 Å². The maximum atomic E-state index is 13.6. The van der Waals surface area contributed by atoms with Gasteiger partial charge in [-0.2, -0.15) is 0 Å². The van der Waals surface area contributed by atoms with Gasteiger partial charge in [-0.1, -0.05) is 0 Å². The van der Waals surface area contributed by atoms with Gasteiger partial charge in [0.25, 0.3) is 0 Å². The molecule has 3 rings (SSSR count). The lowest BCUT2D eigenvalue weighted by Crippen LogP contribution is -2.01. The van der Waals surface area contributed by atoms with Gasteiger partial charge in [0.1, 0.15) is 17.7 Å². The maximum absolute atomic E-state index is 13.6. The number of rotatable bonds is 2. The highest BCUT2D eigenvalue weighted by molar-refractivity contribution is 7.26. The Morgan fingerprint density at radius 2 is 1.89 bits per heavy atom. The molecule has 1 aromatic carbocycles. The van der Waals surface area contributed by atoms with Gasteiger partial charge in [-0.25, -0.2) is 8.78 Å². The van der Waals surface area contributed by atoms with Gasteiger partial charge in [-0.15, -0.1) is 22.7 Å². The minimum absolute atomic E-state index is 0.0242. The number of hydrogen-bond donors (Lipinski definition) is 1. The molecule has 0 aliphatic rings. The zero-order chi connectivity index (χ0) is 12.7. The van der Waals surface area contributed by atoms with Gasteiger partial charge in [0.05, 0.1) is 0 Å². The van der Waals surface area contributed by atoms with Gasteiger partial charge in [0, 0.05) is 19.8 Å². The van der Waals surface area contributed by atoms with Gasteiger partial charge in [-0.3, -0.25) is 0 Å². The number of fused-ring (bicyclic) bond motifs is 1. The van der Waals surface area contributed by atoms with Crippen molar-refractivity contribution in [2.75, 3.05) is 0 Å². The number of hydrogen-bond acceptors (Lipinski definition) is 3. The monoisotopic (exact) mass is 282 g/mol. The Bertz CT molecular complexity index is 673.